The lowest BCUT2D eigenvalue weighted by Crippen LogP contribution is -1.96. The highest BCUT2D eigenvalue weighted by Gasteiger charge is 2.04. The molecule has 0 atom stereocenters. The molecule has 0 saturated carbocycles. The molecule has 0 saturated heterocycles. The van der Waals surface area contributed by atoms with Gasteiger partial charge in [0.2, 0.25) is 0 Å². The van der Waals surface area contributed by atoms with Crippen molar-refractivity contribution in [2.24, 2.45) is 15.4 Å². The van der Waals surface area contributed by atoms with Crippen LogP contribution in [0.1, 0.15) is 5.56 Å². The topological polar surface area (TPSA) is 64.1 Å². The van der Waals surface area contributed by atoms with Crippen LogP contribution in [0.3, 0.4) is 0 Å². The van der Waals surface area contributed by atoms with E-state index in [0.29, 0.717) is 12.3 Å². The normalized spacial score (nSPS) is 14.2. The number of hydrogen-bond donors (Lipinski definition) is 0. The number of hydrogen-bond acceptors (Lipinski definition) is 4. The van der Waals surface area contributed by atoms with Gasteiger partial charge in [-0.05, 0) is 28.5 Å². The molecular formula is C7H6N5. The molecule has 1 aliphatic rings. The minimum Gasteiger partial charge on any atom is -0.265 e. The summed E-state index contributed by atoms with van der Waals surface area (Å²) in [5, 5.41) is 10.8. The predicted octanol–water partition coefficient (Wildman–Crippen LogP) is 0.923. The van der Waals surface area contributed by atoms with Crippen molar-refractivity contribution >= 4 is 5.84 Å². The van der Waals surface area contributed by atoms with Crippen LogP contribution in [0.25, 0.3) is 0 Å². The van der Waals surface area contributed by atoms with E-state index >= 15 is 0 Å². The molecule has 0 spiro atoms. The number of pyridine rings is 1. The predicted molar refractivity (Wildman–Crippen MR) is 42.4 cm³/mol. The van der Waals surface area contributed by atoms with Gasteiger partial charge in [-0.2, -0.15) is 0 Å². The summed E-state index contributed by atoms with van der Waals surface area (Å²) in [5.74, 6) is 0.640. The Labute approximate surface area is 69.2 Å². The van der Waals surface area contributed by atoms with E-state index in [1.807, 2.05) is 12.1 Å². The van der Waals surface area contributed by atoms with Gasteiger partial charge in [0.25, 0.3) is 0 Å². The summed E-state index contributed by atoms with van der Waals surface area (Å²) in [4.78, 5) is 3.90. The molecule has 0 N–H and O–H groups in total. The van der Waals surface area contributed by atoms with Crippen LogP contribution in [0.4, 0.5) is 0 Å². The largest absolute Gasteiger partial charge is 0.265 e. The highest BCUT2D eigenvalue weighted by Crippen LogP contribution is 2.02. The summed E-state index contributed by atoms with van der Waals surface area (Å²) >= 11 is 0. The lowest BCUT2D eigenvalue weighted by molar-refractivity contribution is 0.780. The minimum atomic E-state index is 0.640. The van der Waals surface area contributed by atoms with Crippen LogP contribution in [-0.4, -0.2) is 10.8 Å². The zero-order chi connectivity index (χ0) is 8.23. The third-order valence-corrected chi connectivity index (χ3v) is 1.47. The van der Waals surface area contributed by atoms with Crippen LogP contribution in [0.5, 0.6) is 0 Å². The first-order valence-corrected chi connectivity index (χ1v) is 3.51. The number of amidine groups is 1. The van der Waals surface area contributed by atoms with E-state index in [1.54, 1.807) is 12.4 Å². The van der Waals surface area contributed by atoms with Gasteiger partial charge in [-0.15, -0.1) is 10.2 Å². The van der Waals surface area contributed by atoms with Crippen LogP contribution < -0.4 is 5.53 Å². The average Bonchev–Trinajstić information content (AvgIpc) is 2.59. The Morgan fingerprint density at radius 3 is 2.67 bits per heavy atom. The van der Waals surface area contributed by atoms with Crippen LogP contribution in [0.2, 0.25) is 0 Å². The molecule has 2 rings (SSSR count). The van der Waals surface area contributed by atoms with Crippen LogP contribution in [0.15, 0.2) is 40.0 Å². The Bertz CT molecular complexity index is 316. The van der Waals surface area contributed by atoms with Gasteiger partial charge < -0.3 is 0 Å². The summed E-state index contributed by atoms with van der Waals surface area (Å²) in [7, 11) is 0. The van der Waals surface area contributed by atoms with Crippen molar-refractivity contribution in [3.8, 4) is 0 Å². The molecule has 5 nitrogen and oxygen atoms in total. The van der Waals surface area contributed by atoms with Crippen molar-refractivity contribution in [3.05, 3.63) is 30.1 Å². The van der Waals surface area contributed by atoms with Gasteiger partial charge in [0.05, 0.1) is 0 Å². The van der Waals surface area contributed by atoms with E-state index in [4.69, 9.17) is 0 Å². The molecule has 2 heterocycles. The Morgan fingerprint density at radius 1 is 1.17 bits per heavy atom. The van der Waals surface area contributed by atoms with Gasteiger partial charge in [0, 0.05) is 18.8 Å². The van der Waals surface area contributed by atoms with E-state index in [1.165, 1.54) is 0 Å². The van der Waals surface area contributed by atoms with Crippen LogP contribution in [0, 0.1) is 0 Å². The van der Waals surface area contributed by atoms with E-state index in [-0.39, 0.29) is 0 Å². The maximum atomic E-state index is 3.90. The Balaban J connectivity index is 2.09. The molecule has 0 aliphatic carbocycles. The Morgan fingerprint density at radius 2 is 2.00 bits per heavy atom. The molecule has 1 radical (unpaired) electrons. The minimum absolute atomic E-state index is 0.640. The van der Waals surface area contributed by atoms with E-state index in [0.717, 1.165) is 5.56 Å². The highest BCUT2D eigenvalue weighted by molar-refractivity contribution is 5.85. The van der Waals surface area contributed by atoms with Gasteiger partial charge >= 0.3 is 0 Å². The van der Waals surface area contributed by atoms with Gasteiger partial charge in [-0.1, -0.05) is 0 Å². The van der Waals surface area contributed by atoms with Crippen molar-refractivity contribution in [2.45, 2.75) is 6.42 Å². The quantitative estimate of drug-likeness (QED) is 0.634. The third kappa shape index (κ3) is 1.45. The summed E-state index contributed by atoms with van der Waals surface area (Å²) in [6.45, 7) is 0. The molecule has 1 aromatic rings. The first-order valence-electron chi connectivity index (χ1n) is 3.51. The molecule has 12 heavy (non-hydrogen) atoms. The maximum absolute atomic E-state index is 3.90. The van der Waals surface area contributed by atoms with Gasteiger partial charge in [0.15, 0.2) is 5.84 Å². The molecule has 1 aromatic heterocycles. The second-order valence-electron chi connectivity index (χ2n) is 2.33. The fourth-order valence-corrected chi connectivity index (χ4v) is 0.917. The maximum Gasteiger partial charge on any atom is 0.181 e. The Hall–Kier alpha value is -1.78. The summed E-state index contributed by atoms with van der Waals surface area (Å²) in [6.07, 6.45) is 4.13. The third-order valence-electron chi connectivity index (χ3n) is 1.47. The molecule has 1 aliphatic heterocycles. The number of aromatic nitrogens is 1. The molecule has 5 heteroatoms. The van der Waals surface area contributed by atoms with Crippen molar-refractivity contribution in [2.75, 3.05) is 0 Å². The first-order chi connectivity index (χ1) is 5.95. The average molecular weight is 160 g/mol. The fraction of sp³-hybridized carbons (Fsp3) is 0.143. The molecule has 0 bridgehead atoms. The van der Waals surface area contributed by atoms with Crippen LogP contribution >= 0.6 is 0 Å². The lowest BCUT2D eigenvalue weighted by atomic mass is 10.2. The summed E-state index contributed by atoms with van der Waals surface area (Å²) < 4.78 is 0. The van der Waals surface area contributed by atoms with E-state index in [9.17, 15) is 0 Å². The number of rotatable bonds is 2. The van der Waals surface area contributed by atoms with Gasteiger partial charge in [-0.25, -0.2) is 0 Å². The molecular weight excluding hydrogens is 154 g/mol. The molecule has 0 unspecified atom stereocenters. The zero-order valence-corrected chi connectivity index (χ0v) is 6.25. The van der Waals surface area contributed by atoms with Crippen molar-refractivity contribution in [3.63, 3.8) is 0 Å². The van der Waals surface area contributed by atoms with Gasteiger partial charge in [0.1, 0.15) is 0 Å². The molecule has 0 fully saturated rings. The molecule has 0 aromatic carbocycles. The summed E-state index contributed by atoms with van der Waals surface area (Å²) in [6, 6.07) is 3.83. The van der Waals surface area contributed by atoms with Crippen molar-refractivity contribution in [1.82, 2.24) is 10.5 Å². The van der Waals surface area contributed by atoms with E-state index in [2.05, 4.69) is 26.0 Å². The standard InChI is InChI=1S/C7H6N5/c1-3-8-4-2-6(1)5-7-9-11-12-10-7/h1-4H,5H2. The lowest BCUT2D eigenvalue weighted by Gasteiger charge is -1.94. The number of nitrogens with zero attached hydrogens (tertiary/aromatic N) is 5. The second-order valence-corrected chi connectivity index (χ2v) is 2.33. The SMILES string of the molecule is c1cc(CC2=N[N]N=N2)ccn1. The van der Waals surface area contributed by atoms with Crippen LogP contribution in [-0.2, 0) is 6.42 Å². The first kappa shape index (κ1) is 6.90. The van der Waals surface area contributed by atoms with Crippen molar-refractivity contribution in [1.29, 1.82) is 0 Å². The smallest absolute Gasteiger partial charge is 0.181 e. The Kier molecular flexibility index (Phi) is 1.77. The monoisotopic (exact) mass is 160 g/mol. The second kappa shape index (κ2) is 3.08. The van der Waals surface area contributed by atoms with E-state index < -0.39 is 0 Å². The highest BCUT2D eigenvalue weighted by atomic mass is 15.6. The summed E-state index contributed by atoms with van der Waals surface area (Å²) in [5.41, 5.74) is 4.50. The zero-order valence-electron chi connectivity index (χ0n) is 6.25. The van der Waals surface area contributed by atoms with Gasteiger partial charge in [-0.3, -0.25) is 4.98 Å². The molecule has 59 valence electrons. The van der Waals surface area contributed by atoms with Crippen molar-refractivity contribution < 1.29 is 0 Å². The molecule has 0 amide bonds. The fourth-order valence-electron chi connectivity index (χ4n) is 0.917.